The molecule has 1 aromatic heterocycles. The van der Waals surface area contributed by atoms with Crippen LogP contribution in [0.4, 0.5) is 0 Å². The van der Waals surface area contributed by atoms with Gasteiger partial charge in [-0.15, -0.1) is 0 Å². The van der Waals surface area contributed by atoms with Crippen molar-refractivity contribution in [1.29, 1.82) is 0 Å². The van der Waals surface area contributed by atoms with Gasteiger partial charge in [0.25, 0.3) is 0 Å². The van der Waals surface area contributed by atoms with E-state index in [0.29, 0.717) is 0 Å². The van der Waals surface area contributed by atoms with Crippen LogP contribution in [0.3, 0.4) is 0 Å². The lowest BCUT2D eigenvalue weighted by Gasteiger charge is -2.18. The molecule has 0 saturated carbocycles. The Hall–Kier alpha value is -1.08. The van der Waals surface area contributed by atoms with E-state index in [1.165, 1.54) is 29.7 Å². The molecule has 2 heteroatoms. The van der Waals surface area contributed by atoms with Gasteiger partial charge in [0.15, 0.2) is 0 Å². The second-order valence-electron chi connectivity index (χ2n) is 4.53. The van der Waals surface area contributed by atoms with Crippen LogP contribution in [0.2, 0.25) is 5.02 Å². The fourth-order valence-electron chi connectivity index (χ4n) is 2.58. The van der Waals surface area contributed by atoms with E-state index in [0.717, 1.165) is 28.8 Å². The number of hydrogen-bond donors (Lipinski definition) is 0. The van der Waals surface area contributed by atoms with Crippen LogP contribution in [0.5, 0.6) is 0 Å². The molecule has 1 nitrogen and oxygen atoms in total. The van der Waals surface area contributed by atoms with E-state index in [1.54, 1.807) is 0 Å². The normalized spacial score (nSPS) is 15.1. The average molecular weight is 232 g/mol. The van der Waals surface area contributed by atoms with Crippen LogP contribution in [-0.4, -0.2) is 4.98 Å². The fourth-order valence-corrected chi connectivity index (χ4v) is 3.03. The van der Waals surface area contributed by atoms with E-state index in [2.05, 4.69) is 25.1 Å². The lowest BCUT2D eigenvalue weighted by atomic mass is 9.94. The van der Waals surface area contributed by atoms with Gasteiger partial charge in [-0.25, -0.2) is 0 Å². The van der Waals surface area contributed by atoms with E-state index in [1.807, 2.05) is 0 Å². The van der Waals surface area contributed by atoms with Gasteiger partial charge < -0.3 is 0 Å². The van der Waals surface area contributed by atoms with Crippen molar-refractivity contribution >= 4 is 22.5 Å². The molecule has 0 spiro atoms. The first-order valence-electron chi connectivity index (χ1n) is 5.84. The second kappa shape index (κ2) is 3.74. The molecule has 0 N–H and O–H groups in total. The molecule has 3 rings (SSSR count). The average Bonchev–Trinajstić information content (AvgIpc) is 2.29. The number of rotatable bonds is 0. The highest BCUT2D eigenvalue weighted by atomic mass is 35.5. The molecule has 0 fully saturated rings. The third-order valence-electron chi connectivity index (χ3n) is 3.43. The maximum Gasteiger partial charge on any atom is 0.0723 e. The molecule has 82 valence electrons. The van der Waals surface area contributed by atoms with Gasteiger partial charge in [-0.3, -0.25) is 4.98 Å². The summed E-state index contributed by atoms with van der Waals surface area (Å²) in [6.45, 7) is 2.10. The molecule has 0 bridgehead atoms. The fraction of sp³-hybridized carbons (Fsp3) is 0.357. The smallest absolute Gasteiger partial charge is 0.0723 e. The van der Waals surface area contributed by atoms with Crippen LogP contribution in [-0.2, 0) is 12.8 Å². The molecule has 16 heavy (non-hydrogen) atoms. The summed E-state index contributed by atoms with van der Waals surface area (Å²) in [5, 5.41) is 2.09. The van der Waals surface area contributed by atoms with Crippen LogP contribution in [0.15, 0.2) is 18.2 Å². The summed E-state index contributed by atoms with van der Waals surface area (Å²) < 4.78 is 0. The first kappa shape index (κ1) is 10.1. The lowest BCUT2D eigenvalue weighted by Crippen LogP contribution is -2.06. The predicted octanol–water partition coefficient (Wildman–Crippen LogP) is 4.08. The van der Waals surface area contributed by atoms with E-state index < -0.39 is 0 Å². The van der Waals surface area contributed by atoms with Crippen molar-refractivity contribution in [3.8, 4) is 0 Å². The number of nitrogens with zero attached hydrogens (tertiary/aromatic N) is 1. The van der Waals surface area contributed by atoms with Crippen LogP contribution in [0.25, 0.3) is 10.9 Å². The Morgan fingerprint density at radius 2 is 2.00 bits per heavy atom. The van der Waals surface area contributed by atoms with Crippen LogP contribution < -0.4 is 0 Å². The van der Waals surface area contributed by atoms with Crippen molar-refractivity contribution in [2.45, 2.75) is 32.6 Å². The number of hydrogen-bond acceptors (Lipinski definition) is 1. The molecule has 1 heterocycles. The Labute approximate surface area is 100 Å². The van der Waals surface area contributed by atoms with Crippen molar-refractivity contribution in [1.82, 2.24) is 4.98 Å². The minimum absolute atomic E-state index is 0.942. The van der Waals surface area contributed by atoms with Gasteiger partial charge in [-0.05, 0) is 49.8 Å². The van der Waals surface area contributed by atoms with Gasteiger partial charge in [-0.1, -0.05) is 23.7 Å². The number of fused-ring (bicyclic) bond motifs is 2. The zero-order valence-electron chi connectivity index (χ0n) is 9.39. The minimum Gasteiger partial charge on any atom is -0.252 e. The molecule has 0 aliphatic heterocycles. The minimum atomic E-state index is 0.942. The summed E-state index contributed by atoms with van der Waals surface area (Å²) in [7, 11) is 0. The van der Waals surface area contributed by atoms with Gasteiger partial charge in [0.1, 0.15) is 0 Å². The molecular weight excluding hydrogens is 218 g/mol. The Morgan fingerprint density at radius 1 is 1.19 bits per heavy atom. The number of aromatic nitrogens is 1. The van der Waals surface area contributed by atoms with Crippen LogP contribution in [0.1, 0.15) is 29.7 Å². The Morgan fingerprint density at radius 3 is 2.88 bits per heavy atom. The third-order valence-corrected chi connectivity index (χ3v) is 3.85. The molecule has 0 saturated heterocycles. The Balaban J connectivity index is 2.40. The quantitative estimate of drug-likeness (QED) is 0.666. The van der Waals surface area contributed by atoms with Gasteiger partial charge in [0.05, 0.1) is 10.5 Å². The third kappa shape index (κ3) is 1.42. The highest BCUT2D eigenvalue weighted by Gasteiger charge is 2.17. The number of aryl methyl sites for hydroxylation is 2. The second-order valence-corrected chi connectivity index (χ2v) is 4.91. The van der Waals surface area contributed by atoms with Crippen molar-refractivity contribution in [3.63, 3.8) is 0 Å². The van der Waals surface area contributed by atoms with Gasteiger partial charge in [0.2, 0.25) is 0 Å². The summed E-state index contributed by atoms with van der Waals surface area (Å²) in [5.41, 5.74) is 4.78. The maximum absolute atomic E-state index is 6.52. The largest absolute Gasteiger partial charge is 0.252 e. The molecular formula is C14H14ClN. The molecule has 0 radical (unpaired) electrons. The van der Waals surface area contributed by atoms with Crippen molar-refractivity contribution < 1.29 is 0 Å². The van der Waals surface area contributed by atoms with Gasteiger partial charge in [0, 0.05) is 11.1 Å². The summed E-state index contributed by atoms with van der Waals surface area (Å²) >= 11 is 6.52. The first-order chi connectivity index (χ1) is 7.77. The maximum atomic E-state index is 6.52. The van der Waals surface area contributed by atoms with E-state index >= 15 is 0 Å². The molecule has 0 amide bonds. The number of benzene rings is 1. The zero-order valence-corrected chi connectivity index (χ0v) is 10.1. The molecule has 1 aliphatic rings. The van der Waals surface area contributed by atoms with Crippen LogP contribution in [0, 0.1) is 6.92 Å². The van der Waals surface area contributed by atoms with E-state index in [9.17, 15) is 0 Å². The van der Waals surface area contributed by atoms with E-state index in [4.69, 9.17) is 16.6 Å². The molecule has 1 aromatic carbocycles. The summed E-state index contributed by atoms with van der Waals surface area (Å²) in [6, 6.07) is 6.21. The molecule has 1 aliphatic carbocycles. The molecule has 0 atom stereocenters. The Bertz CT molecular complexity index is 560. The van der Waals surface area contributed by atoms with Crippen molar-refractivity contribution in [2.24, 2.45) is 0 Å². The van der Waals surface area contributed by atoms with Crippen molar-refractivity contribution in [3.05, 3.63) is 40.0 Å². The Kier molecular flexibility index (Phi) is 2.36. The predicted molar refractivity (Wildman–Crippen MR) is 68.1 cm³/mol. The number of pyridine rings is 1. The number of halogens is 1. The molecule has 2 aromatic rings. The van der Waals surface area contributed by atoms with Crippen molar-refractivity contribution in [2.75, 3.05) is 0 Å². The van der Waals surface area contributed by atoms with Crippen LogP contribution >= 0.6 is 11.6 Å². The summed E-state index contributed by atoms with van der Waals surface area (Å²) in [5.74, 6) is 0. The SMILES string of the molecule is Cc1cccc2nc3c(c(Cl)c12)CCCC3. The van der Waals surface area contributed by atoms with Gasteiger partial charge in [-0.2, -0.15) is 0 Å². The lowest BCUT2D eigenvalue weighted by molar-refractivity contribution is 0.671. The highest BCUT2D eigenvalue weighted by molar-refractivity contribution is 6.36. The summed E-state index contributed by atoms with van der Waals surface area (Å²) in [4.78, 5) is 4.75. The standard InChI is InChI=1S/C14H14ClN/c1-9-5-4-8-12-13(9)14(15)10-6-2-3-7-11(10)16-12/h4-5,8H,2-3,6-7H2,1H3. The molecule has 0 unspecified atom stereocenters. The summed E-state index contributed by atoms with van der Waals surface area (Å²) in [6.07, 6.45) is 4.66. The van der Waals surface area contributed by atoms with Gasteiger partial charge >= 0.3 is 0 Å². The first-order valence-corrected chi connectivity index (χ1v) is 6.22. The topological polar surface area (TPSA) is 12.9 Å². The highest BCUT2D eigenvalue weighted by Crippen LogP contribution is 2.34. The monoisotopic (exact) mass is 231 g/mol. The zero-order chi connectivity index (χ0) is 11.1. The van der Waals surface area contributed by atoms with E-state index in [-0.39, 0.29) is 0 Å².